The number of aromatic amines is 1. The number of H-pyrrole nitrogens is 1. The van der Waals surface area contributed by atoms with Crippen molar-refractivity contribution in [3.63, 3.8) is 0 Å². The molecule has 0 aliphatic rings. The largest absolute Gasteiger partial charge is 0.340 e. The summed E-state index contributed by atoms with van der Waals surface area (Å²) in [6, 6.07) is 0. The average molecular weight is 292 g/mol. The number of hydrogen-bond donors (Lipinski definition) is 1. The number of nitrogens with one attached hydrogen (secondary N) is 1. The first kappa shape index (κ1) is 11.0. The van der Waals surface area contributed by atoms with Gasteiger partial charge in [0.05, 0.1) is 5.69 Å². The van der Waals surface area contributed by atoms with E-state index >= 15 is 0 Å². The van der Waals surface area contributed by atoms with Crippen LogP contribution in [0.5, 0.6) is 0 Å². The van der Waals surface area contributed by atoms with E-state index in [0.717, 1.165) is 10.3 Å². The minimum atomic E-state index is 1.00. The van der Waals surface area contributed by atoms with Crippen molar-refractivity contribution in [3.8, 4) is 0 Å². The highest BCUT2D eigenvalue weighted by Gasteiger charge is 1.97. The van der Waals surface area contributed by atoms with Gasteiger partial charge in [0.2, 0.25) is 0 Å². The van der Waals surface area contributed by atoms with Crippen LogP contribution < -0.4 is 0 Å². The van der Waals surface area contributed by atoms with Crippen LogP contribution in [-0.2, 0) is 6.42 Å². The highest BCUT2D eigenvalue weighted by Crippen LogP contribution is 2.08. The highest BCUT2D eigenvalue weighted by molar-refractivity contribution is 14.1. The van der Waals surface area contributed by atoms with Gasteiger partial charge in [-0.3, -0.25) is 0 Å². The van der Waals surface area contributed by atoms with Crippen molar-refractivity contribution in [2.24, 2.45) is 0 Å². The average Bonchev–Trinajstić information content (AvgIpc) is 2.51. The van der Waals surface area contributed by atoms with Crippen LogP contribution in [0.2, 0.25) is 0 Å². The lowest BCUT2D eigenvalue weighted by atomic mass is 10.1. The summed E-state index contributed by atoms with van der Waals surface area (Å²) >= 11 is 2.21. The molecular weight excluding hydrogens is 275 g/mol. The molecule has 3 heteroatoms. The van der Waals surface area contributed by atoms with Gasteiger partial charge in [0.15, 0.2) is 3.83 Å². The molecule has 74 valence electrons. The van der Waals surface area contributed by atoms with Crippen LogP contribution in [0.4, 0.5) is 0 Å². The molecule has 0 saturated heterocycles. The Bertz CT molecular complexity index is 233. The van der Waals surface area contributed by atoms with Gasteiger partial charge < -0.3 is 4.98 Å². The summed E-state index contributed by atoms with van der Waals surface area (Å²) in [6.07, 6.45) is 9.83. The second kappa shape index (κ2) is 6.40. The molecule has 0 spiro atoms. The molecule has 0 aliphatic heterocycles. The first-order valence-electron chi connectivity index (χ1n) is 5.02. The van der Waals surface area contributed by atoms with Crippen molar-refractivity contribution in [2.75, 3.05) is 0 Å². The van der Waals surface area contributed by atoms with Gasteiger partial charge in [0.25, 0.3) is 0 Å². The molecule has 2 nitrogen and oxygen atoms in total. The van der Waals surface area contributed by atoms with Gasteiger partial charge in [-0.05, 0) is 35.4 Å². The van der Waals surface area contributed by atoms with Crippen LogP contribution in [0.25, 0.3) is 0 Å². The Morgan fingerprint density at radius 3 is 2.69 bits per heavy atom. The summed E-state index contributed by atoms with van der Waals surface area (Å²) in [6.45, 7) is 2.25. The molecule has 0 amide bonds. The molecule has 0 aliphatic carbocycles. The molecule has 0 saturated carbocycles. The molecule has 13 heavy (non-hydrogen) atoms. The Balaban J connectivity index is 2.06. The number of hydrogen-bond acceptors (Lipinski definition) is 1. The SMILES string of the molecule is CCCCCCCc1c[nH]c(I)n1. The second-order valence-corrected chi connectivity index (χ2v) is 4.37. The number of imidazole rings is 1. The predicted octanol–water partition coefficient (Wildman–Crippen LogP) is 3.53. The predicted molar refractivity (Wildman–Crippen MR) is 63.8 cm³/mol. The minimum absolute atomic E-state index is 1.00. The molecule has 0 bridgehead atoms. The first-order valence-corrected chi connectivity index (χ1v) is 6.10. The Labute approximate surface area is 93.7 Å². The molecular formula is C10H17IN2. The third-order valence-electron chi connectivity index (χ3n) is 2.14. The van der Waals surface area contributed by atoms with Crippen molar-refractivity contribution >= 4 is 22.6 Å². The van der Waals surface area contributed by atoms with Gasteiger partial charge >= 0.3 is 0 Å². The zero-order valence-corrected chi connectivity index (χ0v) is 10.3. The van der Waals surface area contributed by atoms with E-state index in [9.17, 15) is 0 Å². The molecule has 1 heterocycles. The third-order valence-corrected chi connectivity index (χ3v) is 2.69. The summed E-state index contributed by atoms with van der Waals surface area (Å²) in [5, 5.41) is 0. The lowest BCUT2D eigenvalue weighted by molar-refractivity contribution is 0.629. The lowest BCUT2D eigenvalue weighted by Crippen LogP contribution is -1.86. The monoisotopic (exact) mass is 292 g/mol. The van der Waals surface area contributed by atoms with E-state index in [2.05, 4.69) is 39.5 Å². The van der Waals surface area contributed by atoms with Crippen molar-refractivity contribution in [3.05, 3.63) is 15.7 Å². The maximum Gasteiger partial charge on any atom is 0.168 e. The summed E-state index contributed by atoms with van der Waals surface area (Å²) in [5.74, 6) is 0. The topological polar surface area (TPSA) is 28.7 Å². The molecule has 1 aromatic heterocycles. The standard InChI is InChI=1S/C10H17IN2/c1-2-3-4-5-6-7-9-8-12-10(11)13-9/h8H,2-7H2,1H3,(H,12,13). The maximum absolute atomic E-state index is 4.36. The van der Waals surface area contributed by atoms with Crippen LogP contribution in [0.1, 0.15) is 44.7 Å². The fourth-order valence-electron chi connectivity index (χ4n) is 1.37. The normalized spacial score (nSPS) is 10.6. The summed E-state index contributed by atoms with van der Waals surface area (Å²) in [7, 11) is 0. The Kier molecular flexibility index (Phi) is 5.43. The van der Waals surface area contributed by atoms with Crippen molar-refractivity contribution in [2.45, 2.75) is 45.4 Å². The van der Waals surface area contributed by atoms with Crippen LogP contribution in [-0.4, -0.2) is 9.97 Å². The molecule has 1 rings (SSSR count). The molecule has 0 unspecified atom stereocenters. The summed E-state index contributed by atoms with van der Waals surface area (Å²) in [4.78, 5) is 7.46. The molecule has 0 radical (unpaired) electrons. The Morgan fingerprint density at radius 1 is 1.31 bits per heavy atom. The molecule has 0 aromatic carbocycles. The zero-order valence-electron chi connectivity index (χ0n) is 8.15. The van der Waals surface area contributed by atoms with Gasteiger partial charge in [-0.15, -0.1) is 0 Å². The van der Waals surface area contributed by atoms with E-state index in [1.807, 2.05) is 6.20 Å². The van der Waals surface area contributed by atoms with Crippen LogP contribution in [0, 0.1) is 3.83 Å². The van der Waals surface area contributed by atoms with Gasteiger partial charge in [0.1, 0.15) is 0 Å². The van der Waals surface area contributed by atoms with Gasteiger partial charge in [-0.25, -0.2) is 4.98 Å². The van der Waals surface area contributed by atoms with E-state index in [-0.39, 0.29) is 0 Å². The number of aromatic nitrogens is 2. The van der Waals surface area contributed by atoms with E-state index in [4.69, 9.17) is 0 Å². The Hall–Kier alpha value is -0.0600. The summed E-state index contributed by atoms with van der Waals surface area (Å²) < 4.78 is 1.00. The molecule has 0 atom stereocenters. The van der Waals surface area contributed by atoms with E-state index < -0.39 is 0 Å². The number of rotatable bonds is 6. The van der Waals surface area contributed by atoms with E-state index in [0.29, 0.717) is 0 Å². The van der Waals surface area contributed by atoms with Crippen LogP contribution in [0.15, 0.2) is 6.20 Å². The first-order chi connectivity index (χ1) is 6.33. The number of nitrogens with zero attached hydrogens (tertiary/aromatic N) is 1. The quantitative estimate of drug-likeness (QED) is 0.630. The third kappa shape index (κ3) is 4.64. The van der Waals surface area contributed by atoms with Crippen molar-refractivity contribution in [1.82, 2.24) is 9.97 Å². The van der Waals surface area contributed by atoms with Crippen molar-refractivity contribution in [1.29, 1.82) is 0 Å². The highest BCUT2D eigenvalue weighted by atomic mass is 127. The van der Waals surface area contributed by atoms with Gasteiger partial charge in [-0.2, -0.15) is 0 Å². The zero-order chi connectivity index (χ0) is 9.52. The molecule has 1 N–H and O–H groups in total. The van der Waals surface area contributed by atoms with Crippen molar-refractivity contribution < 1.29 is 0 Å². The Morgan fingerprint density at radius 2 is 2.08 bits per heavy atom. The number of halogens is 1. The van der Waals surface area contributed by atoms with Gasteiger partial charge in [0, 0.05) is 6.20 Å². The number of aryl methyl sites for hydroxylation is 1. The van der Waals surface area contributed by atoms with E-state index in [1.165, 1.54) is 37.8 Å². The minimum Gasteiger partial charge on any atom is -0.340 e. The van der Waals surface area contributed by atoms with Crippen LogP contribution in [0.3, 0.4) is 0 Å². The smallest absolute Gasteiger partial charge is 0.168 e. The lowest BCUT2D eigenvalue weighted by Gasteiger charge is -1.97. The fourth-order valence-corrected chi connectivity index (χ4v) is 1.84. The number of unbranched alkanes of at least 4 members (excludes halogenated alkanes) is 4. The summed E-state index contributed by atoms with van der Waals surface area (Å²) in [5.41, 5.74) is 1.21. The molecule has 0 fully saturated rings. The van der Waals surface area contributed by atoms with Gasteiger partial charge in [-0.1, -0.05) is 32.6 Å². The molecule has 1 aromatic rings. The fraction of sp³-hybridized carbons (Fsp3) is 0.700. The maximum atomic E-state index is 4.36. The second-order valence-electron chi connectivity index (χ2n) is 3.35. The van der Waals surface area contributed by atoms with Crippen LogP contribution >= 0.6 is 22.6 Å². The van der Waals surface area contributed by atoms with E-state index in [1.54, 1.807) is 0 Å².